The van der Waals surface area contributed by atoms with Gasteiger partial charge in [-0.05, 0) is 31.4 Å². The van der Waals surface area contributed by atoms with E-state index in [1.54, 1.807) is 19.2 Å². The molecule has 0 saturated heterocycles. The van der Waals surface area contributed by atoms with E-state index in [0.29, 0.717) is 0 Å². The van der Waals surface area contributed by atoms with Crippen LogP contribution in [0.5, 0.6) is 0 Å². The summed E-state index contributed by atoms with van der Waals surface area (Å²) >= 11 is 0. The molecule has 0 fully saturated rings. The highest BCUT2D eigenvalue weighted by atomic mass is 16.3. The van der Waals surface area contributed by atoms with Crippen molar-refractivity contribution in [2.24, 2.45) is 0 Å². The largest absolute Gasteiger partial charge is 0.398 e. The van der Waals surface area contributed by atoms with Crippen LogP contribution in [0.25, 0.3) is 0 Å². The lowest BCUT2D eigenvalue weighted by Crippen LogP contribution is -2.18. The second-order valence-electron chi connectivity index (χ2n) is 3.50. The Bertz CT molecular complexity index is 320. The summed E-state index contributed by atoms with van der Waals surface area (Å²) < 4.78 is 0. The van der Waals surface area contributed by atoms with E-state index in [2.05, 4.69) is 4.98 Å². The van der Waals surface area contributed by atoms with Gasteiger partial charge >= 0.3 is 0 Å². The molecule has 1 aliphatic carbocycles. The molecule has 1 aromatic rings. The van der Waals surface area contributed by atoms with Crippen molar-refractivity contribution in [2.75, 3.05) is 5.73 Å². The van der Waals surface area contributed by atoms with Gasteiger partial charge in [-0.2, -0.15) is 0 Å². The minimum absolute atomic E-state index is 0.726. The van der Waals surface area contributed by atoms with Crippen molar-refractivity contribution >= 4 is 5.69 Å². The molecule has 0 aliphatic heterocycles. The van der Waals surface area contributed by atoms with Crippen molar-refractivity contribution in [3.63, 3.8) is 0 Å². The Kier molecular flexibility index (Phi) is 1.38. The van der Waals surface area contributed by atoms with Gasteiger partial charge in [-0.15, -0.1) is 0 Å². The molecule has 12 heavy (non-hydrogen) atoms. The van der Waals surface area contributed by atoms with Crippen molar-refractivity contribution in [1.82, 2.24) is 4.98 Å². The zero-order chi connectivity index (χ0) is 8.77. The zero-order valence-electron chi connectivity index (χ0n) is 7.04. The fourth-order valence-corrected chi connectivity index (χ4v) is 1.72. The third-order valence-corrected chi connectivity index (χ3v) is 2.46. The van der Waals surface area contributed by atoms with Gasteiger partial charge in [-0.25, -0.2) is 0 Å². The fraction of sp³-hybridized carbons (Fsp3) is 0.444. The lowest BCUT2D eigenvalue weighted by atomic mass is 10.0. The van der Waals surface area contributed by atoms with E-state index >= 15 is 0 Å². The number of pyridine rings is 1. The van der Waals surface area contributed by atoms with E-state index < -0.39 is 5.60 Å². The SMILES string of the molecule is CC1(O)CCc2c(N)ccnc21. The first kappa shape index (κ1) is 7.55. The quantitative estimate of drug-likeness (QED) is 0.596. The first-order valence-corrected chi connectivity index (χ1v) is 4.07. The third-order valence-electron chi connectivity index (χ3n) is 2.46. The summed E-state index contributed by atoms with van der Waals surface area (Å²) in [6, 6.07) is 1.78. The molecular formula is C9H12N2O. The maximum absolute atomic E-state index is 9.85. The van der Waals surface area contributed by atoms with E-state index in [1.807, 2.05) is 0 Å². The number of hydrogen-bond donors (Lipinski definition) is 2. The molecule has 3 N–H and O–H groups in total. The summed E-state index contributed by atoms with van der Waals surface area (Å²) in [7, 11) is 0. The highest BCUT2D eigenvalue weighted by Crippen LogP contribution is 2.37. The Morgan fingerprint density at radius 1 is 1.67 bits per heavy atom. The Labute approximate surface area is 71.2 Å². The molecule has 0 bridgehead atoms. The van der Waals surface area contributed by atoms with E-state index in [4.69, 9.17) is 5.73 Å². The molecule has 1 atom stereocenters. The maximum atomic E-state index is 9.85. The summed E-state index contributed by atoms with van der Waals surface area (Å²) in [5, 5.41) is 9.85. The van der Waals surface area contributed by atoms with Crippen LogP contribution in [0.3, 0.4) is 0 Å². The van der Waals surface area contributed by atoms with Crippen LogP contribution >= 0.6 is 0 Å². The molecule has 3 heteroatoms. The van der Waals surface area contributed by atoms with E-state index in [1.165, 1.54) is 0 Å². The number of hydrogen-bond acceptors (Lipinski definition) is 3. The van der Waals surface area contributed by atoms with Crippen LogP contribution < -0.4 is 5.73 Å². The second kappa shape index (κ2) is 2.20. The van der Waals surface area contributed by atoms with Gasteiger partial charge in [0.05, 0.1) is 5.69 Å². The number of nitrogen functional groups attached to an aromatic ring is 1. The number of nitrogens with zero attached hydrogens (tertiary/aromatic N) is 1. The number of rotatable bonds is 0. The van der Waals surface area contributed by atoms with Crippen molar-refractivity contribution in [3.05, 3.63) is 23.5 Å². The van der Waals surface area contributed by atoms with Crippen molar-refractivity contribution in [3.8, 4) is 0 Å². The molecular weight excluding hydrogens is 152 g/mol. The Morgan fingerprint density at radius 3 is 3.08 bits per heavy atom. The molecule has 1 aromatic heterocycles. The van der Waals surface area contributed by atoms with Gasteiger partial charge in [-0.3, -0.25) is 4.98 Å². The normalized spacial score (nSPS) is 27.2. The highest BCUT2D eigenvalue weighted by molar-refractivity contribution is 5.51. The van der Waals surface area contributed by atoms with Crippen molar-refractivity contribution in [2.45, 2.75) is 25.4 Å². The van der Waals surface area contributed by atoms with Crippen LogP contribution in [-0.4, -0.2) is 10.1 Å². The van der Waals surface area contributed by atoms with Gasteiger partial charge < -0.3 is 10.8 Å². The third kappa shape index (κ3) is 0.898. The van der Waals surface area contributed by atoms with Crippen LogP contribution in [0, 0.1) is 0 Å². The summed E-state index contributed by atoms with van der Waals surface area (Å²) in [4.78, 5) is 4.14. The van der Waals surface area contributed by atoms with Gasteiger partial charge in [0, 0.05) is 11.9 Å². The van der Waals surface area contributed by atoms with Crippen molar-refractivity contribution in [1.29, 1.82) is 0 Å². The molecule has 1 aliphatic rings. The summed E-state index contributed by atoms with van der Waals surface area (Å²) in [5.74, 6) is 0. The molecule has 3 nitrogen and oxygen atoms in total. The molecule has 0 amide bonds. The van der Waals surface area contributed by atoms with E-state index in [-0.39, 0.29) is 0 Å². The summed E-state index contributed by atoms with van der Waals surface area (Å²) in [6.45, 7) is 1.78. The van der Waals surface area contributed by atoms with Gasteiger partial charge in [0.25, 0.3) is 0 Å². The van der Waals surface area contributed by atoms with Crippen molar-refractivity contribution < 1.29 is 5.11 Å². The van der Waals surface area contributed by atoms with E-state index in [9.17, 15) is 5.11 Å². The number of aliphatic hydroxyl groups is 1. The van der Waals surface area contributed by atoms with E-state index in [0.717, 1.165) is 29.8 Å². The number of nitrogens with two attached hydrogens (primary N) is 1. The van der Waals surface area contributed by atoms with Crippen LogP contribution in [0.1, 0.15) is 24.6 Å². The summed E-state index contributed by atoms with van der Waals surface area (Å²) in [5.41, 5.74) is 7.49. The first-order valence-electron chi connectivity index (χ1n) is 4.07. The lowest BCUT2D eigenvalue weighted by molar-refractivity contribution is 0.0554. The molecule has 1 unspecified atom stereocenters. The fourth-order valence-electron chi connectivity index (χ4n) is 1.72. The topological polar surface area (TPSA) is 59.1 Å². The van der Waals surface area contributed by atoms with Gasteiger partial charge in [0.2, 0.25) is 0 Å². The molecule has 0 saturated carbocycles. The van der Waals surface area contributed by atoms with Crippen LogP contribution in [0.4, 0.5) is 5.69 Å². The standard InChI is InChI=1S/C9H12N2O/c1-9(12)4-2-6-7(10)3-5-11-8(6)9/h3,5,12H,2,4H2,1H3,(H2,10,11). The Balaban J connectivity index is 2.61. The minimum atomic E-state index is -0.773. The second-order valence-corrected chi connectivity index (χ2v) is 3.50. The average Bonchev–Trinajstić information content (AvgIpc) is 2.30. The predicted molar refractivity (Wildman–Crippen MR) is 46.5 cm³/mol. The van der Waals surface area contributed by atoms with Gasteiger partial charge in [0.1, 0.15) is 5.60 Å². The number of aromatic nitrogens is 1. The van der Waals surface area contributed by atoms with Gasteiger partial charge in [0.15, 0.2) is 0 Å². The summed E-state index contributed by atoms with van der Waals surface area (Å²) in [6.07, 6.45) is 3.21. The van der Waals surface area contributed by atoms with Crippen LogP contribution in [0.2, 0.25) is 0 Å². The minimum Gasteiger partial charge on any atom is -0.398 e. The average molecular weight is 164 g/mol. The molecule has 0 radical (unpaired) electrons. The Morgan fingerprint density at radius 2 is 2.42 bits per heavy atom. The Hall–Kier alpha value is -1.09. The monoisotopic (exact) mass is 164 g/mol. The number of anilines is 1. The predicted octanol–water partition coefficient (Wildman–Crippen LogP) is 0.818. The lowest BCUT2D eigenvalue weighted by Gasteiger charge is -2.15. The highest BCUT2D eigenvalue weighted by Gasteiger charge is 2.34. The van der Waals surface area contributed by atoms with Crippen LogP contribution in [-0.2, 0) is 12.0 Å². The molecule has 1 heterocycles. The first-order chi connectivity index (χ1) is 5.61. The molecule has 64 valence electrons. The number of fused-ring (bicyclic) bond motifs is 1. The molecule has 0 spiro atoms. The maximum Gasteiger partial charge on any atom is 0.104 e. The van der Waals surface area contributed by atoms with Gasteiger partial charge in [-0.1, -0.05) is 0 Å². The zero-order valence-corrected chi connectivity index (χ0v) is 7.04. The smallest absolute Gasteiger partial charge is 0.104 e. The van der Waals surface area contributed by atoms with Crippen LogP contribution in [0.15, 0.2) is 12.3 Å². The molecule has 2 rings (SSSR count). The molecule has 0 aromatic carbocycles.